The van der Waals surface area contributed by atoms with Gasteiger partial charge in [0.2, 0.25) is 0 Å². The average molecular weight is 798 g/mol. The molecule has 296 valence electrons. The van der Waals surface area contributed by atoms with Crippen molar-refractivity contribution in [2.45, 2.75) is 38.0 Å². The van der Waals surface area contributed by atoms with Gasteiger partial charge in [-0.25, -0.2) is 0 Å². The number of para-hydroxylation sites is 3. The Morgan fingerprint density at radius 1 is 0.468 bits per heavy atom. The van der Waals surface area contributed by atoms with E-state index >= 15 is 0 Å². The molecule has 1 saturated carbocycles. The normalized spacial score (nSPS) is 16.5. The van der Waals surface area contributed by atoms with Crippen LogP contribution >= 0.6 is 0 Å². The molecule has 0 saturated heterocycles. The maximum atomic E-state index is 6.41. The molecule has 0 bridgehead atoms. The fourth-order valence-corrected chi connectivity index (χ4v) is 11.0. The van der Waals surface area contributed by atoms with Crippen LogP contribution in [0.1, 0.15) is 49.1 Å². The molecule has 10 aromatic rings. The van der Waals surface area contributed by atoms with E-state index in [0.717, 1.165) is 49.7 Å². The summed E-state index contributed by atoms with van der Waals surface area (Å²) < 4.78 is 12.7. The van der Waals surface area contributed by atoms with Gasteiger partial charge in [0.1, 0.15) is 22.3 Å². The van der Waals surface area contributed by atoms with Crippen LogP contribution < -0.4 is 4.90 Å². The number of benzene rings is 8. The standard InChI is InChI=1S/C59H43NO2/c1-2-15-37(16-3-1)41-22-10-17-39-18-11-24-44(55(39)41)43-19-4-7-28-50(43)60(40-35-33-38(34-36-40)42-23-13-31-53-56(42)47-20-5-8-29-51(47)61-53)59-49-27-12-25-46(58(49)59)45-26-14-32-54-57(45)48-21-6-9-30-52(48)62-54/h4-14,17-37,49H,1-3,15-16H2/t49-/m1/s1. The number of hydrogen-bond acceptors (Lipinski definition) is 3. The number of allylic oxidation sites excluding steroid dienone is 5. The maximum absolute atomic E-state index is 6.41. The van der Waals surface area contributed by atoms with Crippen LogP contribution in [0, 0.1) is 5.92 Å². The summed E-state index contributed by atoms with van der Waals surface area (Å²) in [5.41, 5.74) is 17.5. The lowest BCUT2D eigenvalue weighted by molar-refractivity contribution is 0.445. The topological polar surface area (TPSA) is 29.5 Å². The lowest BCUT2D eigenvalue weighted by Gasteiger charge is -2.28. The smallest absolute Gasteiger partial charge is 0.136 e. The summed E-state index contributed by atoms with van der Waals surface area (Å²) in [5.74, 6) is 0.754. The Kier molecular flexibility index (Phi) is 8.06. The highest BCUT2D eigenvalue weighted by molar-refractivity contribution is 6.14. The van der Waals surface area contributed by atoms with Gasteiger partial charge in [-0.15, -0.1) is 0 Å². The molecular formula is C59H43NO2. The molecule has 8 aromatic carbocycles. The SMILES string of the molecule is C1=C[C@@H]2C(=C2N(c2ccc(-c3cccc4oc5ccccc5c34)cc2)c2ccccc2-c2cccc3cccc(C4CCCCC4)c23)C(c2cccc3oc4ccccc4c23)=C1. The Labute approximate surface area is 360 Å². The number of rotatable bonds is 7. The van der Waals surface area contributed by atoms with E-state index in [9.17, 15) is 0 Å². The zero-order valence-electron chi connectivity index (χ0n) is 34.4. The molecule has 2 heterocycles. The van der Waals surface area contributed by atoms with Crippen molar-refractivity contribution in [3.63, 3.8) is 0 Å². The largest absolute Gasteiger partial charge is 0.456 e. The minimum absolute atomic E-state index is 0.174. The predicted octanol–water partition coefficient (Wildman–Crippen LogP) is 16.7. The number of furan rings is 2. The molecule has 0 radical (unpaired) electrons. The molecule has 3 nitrogen and oxygen atoms in total. The van der Waals surface area contributed by atoms with Crippen molar-refractivity contribution >= 4 is 71.6 Å². The molecule has 0 N–H and O–H groups in total. The second-order valence-corrected chi connectivity index (χ2v) is 17.3. The van der Waals surface area contributed by atoms with Crippen molar-refractivity contribution in [1.29, 1.82) is 0 Å². The summed E-state index contributed by atoms with van der Waals surface area (Å²) in [5, 5.41) is 7.33. The molecule has 0 spiro atoms. The van der Waals surface area contributed by atoms with Gasteiger partial charge >= 0.3 is 0 Å². The van der Waals surface area contributed by atoms with Crippen molar-refractivity contribution in [1.82, 2.24) is 0 Å². The molecule has 1 atom stereocenters. The number of fused-ring (bicyclic) bond motifs is 8. The van der Waals surface area contributed by atoms with Crippen LogP contribution in [-0.4, -0.2) is 0 Å². The van der Waals surface area contributed by atoms with Crippen molar-refractivity contribution in [3.8, 4) is 22.3 Å². The molecule has 2 aromatic heterocycles. The van der Waals surface area contributed by atoms with E-state index in [1.165, 1.54) is 98.6 Å². The van der Waals surface area contributed by atoms with Gasteiger partial charge in [0.15, 0.2) is 0 Å². The van der Waals surface area contributed by atoms with Crippen LogP contribution in [0.3, 0.4) is 0 Å². The summed E-state index contributed by atoms with van der Waals surface area (Å²) >= 11 is 0. The van der Waals surface area contributed by atoms with Gasteiger partial charge in [0.25, 0.3) is 0 Å². The summed E-state index contributed by atoms with van der Waals surface area (Å²) in [6.07, 6.45) is 13.4. The maximum Gasteiger partial charge on any atom is 0.136 e. The number of anilines is 2. The molecule has 3 aliphatic carbocycles. The van der Waals surface area contributed by atoms with E-state index in [1.54, 1.807) is 0 Å². The van der Waals surface area contributed by atoms with Gasteiger partial charge in [0, 0.05) is 44.4 Å². The molecule has 0 unspecified atom stereocenters. The summed E-state index contributed by atoms with van der Waals surface area (Å²) in [6.45, 7) is 0. The van der Waals surface area contributed by atoms with Crippen LogP contribution in [0.4, 0.5) is 11.4 Å². The average Bonchev–Trinajstić information content (AvgIpc) is 3.72. The highest BCUT2D eigenvalue weighted by Gasteiger charge is 2.44. The Morgan fingerprint density at radius 2 is 1.06 bits per heavy atom. The van der Waals surface area contributed by atoms with Gasteiger partial charge in [-0.2, -0.15) is 0 Å². The van der Waals surface area contributed by atoms with Crippen molar-refractivity contribution in [3.05, 3.63) is 210 Å². The second kappa shape index (κ2) is 14.1. The Bertz CT molecular complexity index is 3510. The van der Waals surface area contributed by atoms with E-state index < -0.39 is 0 Å². The van der Waals surface area contributed by atoms with Crippen molar-refractivity contribution in [2.24, 2.45) is 5.92 Å². The third kappa shape index (κ3) is 5.51. The minimum Gasteiger partial charge on any atom is -0.456 e. The first-order valence-electron chi connectivity index (χ1n) is 22.2. The van der Waals surface area contributed by atoms with Crippen LogP contribution in [0.2, 0.25) is 0 Å². The monoisotopic (exact) mass is 797 g/mol. The molecule has 3 aliphatic rings. The zero-order chi connectivity index (χ0) is 40.7. The third-order valence-corrected chi connectivity index (χ3v) is 13.8. The Hall–Kier alpha value is -7.36. The first-order chi connectivity index (χ1) is 30.8. The lowest BCUT2D eigenvalue weighted by atomic mass is 9.80. The third-order valence-electron chi connectivity index (χ3n) is 13.8. The number of nitrogens with zero attached hydrogens (tertiary/aromatic N) is 1. The molecule has 0 aliphatic heterocycles. The van der Waals surface area contributed by atoms with Crippen LogP contribution in [0.15, 0.2) is 208 Å². The van der Waals surface area contributed by atoms with Crippen LogP contribution in [-0.2, 0) is 0 Å². The molecule has 13 rings (SSSR count). The quantitative estimate of drug-likeness (QED) is 0.161. The predicted molar refractivity (Wildman–Crippen MR) is 258 cm³/mol. The fourth-order valence-electron chi connectivity index (χ4n) is 11.0. The highest BCUT2D eigenvalue weighted by Crippen LogP contribution is 2.58. The molecule has 62 heavy (non-hydrogen) atoms. The van der Waals surface area contributed by atoms with Gasteiger partial charge in [-0.3, -0.25) is 0 Å². The summed E-state index contributed by atoms with van der Waals surface area (Å²) in [6, 6.07) is 61.9. The molecule has 1 fully saturated rings. The zero-order valence-corrected chi connectivity index (χ0v) is 34.4. The first kappa shape index (κ1) is 35.4. The minimum atomic E-state index is 0.174. The summed E-state index contributed by atoms with van der Waals surface area (Å²) in [7, 11) is 0. The Balaban J connectivity index is 1.01. The van der Waals surface area contributed by atoms with Crippen molar-refractivity contribution < 1.29 is 8.83 Å². The molecular weight excluding hydrogens is 755 g/mol. The summed E-state index contributed by atoms with van der Waals surface area (Å²) in [4.78, 5) is 2.56. The second-order valence-electron chi connectivity index (χ2n) is 17.3. The molecule has 0 amide bonds. The van der Waals surface area contributed by atoms with Gasteiger partial charge in [-0.05, 0) is 111 Å². The molecule has 3 heteroatoms. The van der Waals surface area contributed by atoms with E-state index in [4.69, 9.17) is 8.83 Å². The van der Waals surface area contributed by atoms with E-state index in [-0.39, 0.29) is 5.92 Å². The van der Waals surface area contributed by atoms with Crippen LogP contribution in [0.5, 0.6) is 0 Å². The van der Waals surface area contributed by atoms with Gasteiger partial charge in [0.05, 0.1) is 5.69 Å². The lowest BCUT2D eigenvalue weighted by Crippen LogP contribution is -2.14. The highest BCUT2D eigenvalue weighted by atomic mass is 16.3. The van der Waals surface area contributed by atoms with E-state index in [1.807, 2.05) is 6.07 Å². The van der Waals surface area contributed by atoms with Crippen LogP contribution in [0.25, 0.3) is 82.5 Å². The Morgan fingerprint density at radius 3 is 1.82 bits per heavy atom. The van der Waals surface area contributed by atoms with E-state index in [0.29, 0.717) is 5.92 Å². The van der Waals surface area contributed by atoms with Crippen molar-refractivity contribution in [2.75, 3.05) is 4.90 Å². The van der Waals surface area contributed by atoms with Gasteiger partial charge < -0.3 is 13.7 Å². The van der Waals surface area contributed by atoms with E-state index in [2.05, 4.69) is 187 Å². The van der Waals surface area contributed by atoms with Gasteiger partial charge in [-0.1, -0.05) is 165 Å². The number of hydrogen-bond donors (Lipinski definition) is 0. The first-order valence-corrected chi connectivity index (χ1v) is 22.2. The fraction of sp³-hybridized carbons (Fsp3) is 0.119.